The molecule has 0 atom stereocenters. The molecule has 0 aromatic heterocycles. The molecule has 0 radical (unpaired) electrons. The van der Waals surface area contributed by atoms with Crippen LogP contribution >= 0.6 is 0 Å². The van der Waals surface area contributed by atoms with Gasteiger partial charge in [-0.3, -0.25) is 0 Å². The normalized spacial score (nSPS) is 18.9. The summed E-state index contributed by atoms with van der Waals surface area (Å²) in [5.74, 6) is 0.936. The Labute approximate surface area is 101 Å². The van der Waals surface area contributed by atoms with Crippen LogP contribution in [0, 0.1) is 5.92 Å². The van der Waals surface area contributed by atoms with E-state index in [1.165, 1.54) is 38.5 Å². The first-order valence-electron chi connectivity index (χ1n) is 7.12. The van der Waals surface area contributed by atoms with E-state index in [1.807, 2.05) is 0 Å². The molecule has 0 saturated heterocycles. The first kappa shape index (κ1) is 14.0. The lowest BCUT2D eigenvalue weighted by atomic mass is 9.86. The molecular weight excluding hydrogens is 198 g/mol. The van der Waals surface area contributed by atoms with Crippen molar-refractivity contribution in [2.75, 3.05) is 13.2 Å². The van der Waals surface area contributed by atoms with Gasteiger partial charge in [-0.15, -0.1) is 0 Å². The second-order valence-corrected chi connectivity index (χ2v) is 5.37. The zero-order valence-corrected chi connectivity index (χ0v) is 11.1. The summed E-state index contributed by atoms with van der Waals surface area (Å²) in [6, 6.07) is 0. The Balaban J connectivity index is 2.21. The first-order chi connectivity index (χ1) is 7.76. The summed E-state index contributed by atoms with van der Waals surface area (Å²) in [6.07, 6.45) is 10.5. The number of nitrogens with one attached hydrogen (secondary N) is 1. The van der Waals surface area contributed by atoms with Gasteiger partial charge in [-0.1, -0.05) is 46.0 Å². The van der Waals surface area contributed by atoms with Crippen molar-refractivity contribution >= 4 is 0 Å². The molecule has 0 unspecified atom stereocenters. The topological polar surface area (TPSA) is 32.3 Å². The van der Waals surface area contributed by atoms with Crippen molar-refractivity contribution in [3.63, 3.8) is 0 Å². The molecule has 0 amide bonds. The van der Waals surface area contributed by atoms with Crippen LogP contribution in [0.25, 0.3) is 0 Å². The van der Waals surface area contributed by atoms with Crippen LogP contribution in [0.3, 0.4) is 0 Å². The van der Waals surface area contributed by atoms with Gasteiger partial charge in [-0.2, -0.15) is 0 Å². The fourth-order valence-corrected chi connectivity index (χ4v) is 2.80. The molecule has 96 valence electrons. The number of aliphatic hydroxyl groups is 1. The van der Waals surface area contributed by atoms with Crippen LogP contribution in [0.2, 0.25) is 0 Å². The molecule has 1 aliphatic carbocycles. The molecule has 0 aliphatic heterocycles. The van der Waals surface area contributed by atoms with Crippen LogP contribution in [0.4, 0.5) is 0 Å². The van der Waals surface area contributed by atoms with Crippen LogP contribution < -0.4 is 5.32 Å². The van der Waals surface area contributed by atoms with Gasteiger partial charge in [-0.25, -0.2) is 0 Å². The van der Waals surface area contributed by atoms with Gasteiger partial charge in [-0.05, 0) is 31.7 Å². The number of hydrogen-bond donors (Lipinski definition) is 2. The number of hydrogen-bond acceptors (Lipinski definition) is 2. The van der Waals surface area contributed by atoms with E-state index in [0.29, 0.717) is 0 Å². The Bertz CT molecular complexity index is 163. The van der Waals surface area contributed by atoms with Gasteiger partial charge in [0, 0.05) is 5.54 Å². The molecule has 1 fully saturated rings. The maximum absolute atomic E-state index is 9.45. The lowest BCUT2D eigenvalue weighted by Gasteiger charge is -2.32. The molecule has 0 heterocycles. The summed E-state index contributed by atoms with van der Waals surface area (Å²) in [5.41, 5.74) is -0.0192. The quantitative estimate of drug-likeness (QED) is 0.700. The summed E-state index contributed by atoms with van der Waals surface area (Å²) in [5, 5.41) is 13.0. The molecule has 2 heteroatoms. The molecule has 2 nitrogen and oxygen atoms in total. The molecule has 0 bridgehead atoms. The Morgan fingerprint density at radius 1 is 1.12 bits per heavy atom. The Morgan fingerprint density at radius 2 is 1.75 bits per heavy atom. The molecule has 0 spiro atoms. The smallest absolute Gasteiger partial charge is 0.0613 e. The van der Waals surface area contributed by atoms with Crippen LogP contribution in [0.15, 0.2) is 0 Å². The van der Waals surface area contributed by atoms with E-state index in [2.05, 4.69) is 19.2 Å². The Kier molecular flexibility index (Phi) is 6.37. The van der Waals surface area contributed by atoms with Gasteiger partial charge >= 0.3 is 0 Å². The SMILES string of the molecule is CCC(CC)(CO)NCCC1CCCCC1. The highest BCUT2D eigenvalue weighted by molar-refractivity contribution is 4.84. The maximum atomic E-state index is 9.45. The van der Waals surface area contributed by atoms with E-state index in [4.69, 9.17) is 0 Å². The van der Waals surface area contributed by atoms with Crippen LogP contribution in [-0.4, -0.2) is 23.8 Å². The molecule has 16 heavy (non-hydrogen) atoms. The summed E-state index contributed by atoms with van der Waals surface area (Å²) in [6.45, 7) is 5.66. The monoisotopic (exact) mass is 227 g/mol. The third kappa shape index (κ3) is 4.06. The average Bonchev–Trinajstić information content (AvgIpc) is 2.37. The second kappa shape index (κ2) is 7.29. The zero-order chi connectivity index (χ0) is 11.9. The van der Waals surface area contributed by atoms with Gasteiger partial charge in [0.15, 0.2) is 0 Å². The lowest BCUT2D eigenvalue weighted by molar-refractivity contribution is 0.147. The summed E-state index contributed by atoms with van der Waals surface area (Å²) < 4.78 is 0. The first-order valence-corrected chi connectivity index (χ1v) is 7.12. The van der Waals surface area contributed by atoms with E-state index in [1.54, 1.807) is 0 Å². The summed E-state index contributed by atoms with van der Waals surface area (Å²) in [7, 11) is 0. The highest BCUT2D eigenvalue weighted by Crippen LogP contribution is 2.26. The Hall–Kier alpha value is -0.0800. The molecular formula is C14H29NO. The van der Waals surface area contributed by atoms with E-state index >= 15 is 0 Å². The maximum Gasteiger partial charge on any atom is 0.0613 e. The predicted octanol–water partition coefficient (Wildman–Crippen LogP) is 3.10. The van der Waals surface area contributed by atoms with Crippen LogP contribution in [0.1, 0.15) is 65.2 Å². The number of aliphatic hydroxyl groups excluding tert-OH is 1. The van der Waals surface area contributed by atoms with E-state index in [0.717, 1.165) is 25.3 Å². The van der Waals surface area contributed by atoms with Gasteiger partial charge in [0.25, 0.3) is 0 Å². The molecule has 0 aromatic rings. The summed E-state index contributed by atoms with van der Waals surface area (Å²) >= 11 is 0. The van der Waals surface area contributed by atoms with Gasteiger partial charge < -0.3 is 10.4 Å². The van der Waals surface area contributed by atoms with Gasteiger partial charge in [0.1, 0.15) is 0 Å². The predicted molar refractivity (Wildman–Crippen MR) is 69.6 cm³/mol. The standard InChI is InChI=1S/C14H29NO/c1-3-14(4-2,12-16)15-11-10-13-8-6-5-7-9-13/h13,15-16H,3-12H2,1-2H3. The lowest BCUT2D eigenvalue weighted by Crippen LogP contribution is -2.48. The van der Waals surface area contributed by atoms with Crippen molar-refractivity contribution in [2.24, 2.45) is 5.92 Å². The van der Waals surface area contributed by atoms with Crippen molar-refractivity contribution in [1.82, 2.24) is 5.32 Å². The van der Waals surface area contributed by atoms with Crippen molar-refractivity contribution in [2.45, 2.75) is 70.8 Å². The van der Waals surface area contributed by atoms with E-state index < -0.39 is 0 Å². The minimum absolute atomic E-state index is 0.0192. The van der Waals surface area contributed by atoms with E-state index in [-0.39, 0.29) is 12.1 Å². The van der Waals surface area contributed by atoms with Crippen molar-refractivity contribution in [1.29, 1.82) is 0 Å². The fraction of sp³-hybridized carbons (Fsp3) is 1.00. The molecule has 1 aliphatic rings. The number of rotatable bonds is 7. The van der Waals surface area contributed by atoms with Crippen molar-refractivity contribution in [3.05, 3.63) is 0 Å². The third-order valence-corrected chi connectivity index (χ3v) is 4.43. The highest BCUT2D eigenvalue weighted by atomic mass is 16.3. The molecule has 0 aromatic carbocycles. The minimum atomic E-state index is -0.0192. The third-order valence-electron chi connectivity index (χ3n) is 4.43. The molecule has 1 saturated carbocycles. The minimum Gasteiger partial charge on any atom is -0.394 e. The van der Waals surface area contributed by atoms with Crippen LogP contribution in [-0.2, 0) is 0 Å². The van der Waals surface area contributed by atoms with Crippen molar-refractivity contribution in [3.8, 4) is 0 Å². The second-order valence-electron chi connectivity index (χ2n) is 5.37. The zero-order valence-electron chi connectivity index (χ0n) is 11.1. The van der Waals surface area contributed by atoms with Gasteiger partial charge in [0.05, 0.1) is 6.61 Å². The summed E-state index contributed by atoms with van der Waals surface area (Å²) in [4.78, 5) is 0. The molecule has 2 N–H and O–H groups in total. The highest BCUT2D eigenvalue weighted by Gasteiger charge is 2.24. The fourth-order valence-electron chi connectivity index (χ4n) is 2.80. The largest absolute Gasteiger partial charge is 0.394 e. The Morgan fingerprint density at radius 3 is 2.25 bits per heavy atom. The molecule has 1 rings (SSSR count). The van der Waals surface area contributed by atoms with E-state index in [9.17, 15) is 5.11 Å². The average molecular weight is 227 g/mol. The van der Waals surface area contributed by atoms with Crippen molar-refractivity contribution < 1.29 is 5.11 Å². The van der Waals surface area contributed by atoms with Crippen LogP contribution in [0.5, 0.6) is 0 Å². The van der Waals surface area contributed by atoms with Gasteiger partial charge in [0.2, 0.25) is 0 Å².